The number of halogens is 1. The van der Waals surface area contributed by atoms with Crippen molar-refractivity contribution in [1.29, 1.82) is 0 Å². The first-order valence-corrected chi connectivity index (χ1v) is 8.44. The van der Waals surface area contributed by atoms with Crippen LogP contribution < -0.4 is 0 Å². The van der Waals surface area contributed by atoms with Gasteiger partial charge in [0.15, 0.2) is 0 Å². The predicted molar refractivity (Wildman–Crippen MR) is 88.5 cm³/mol. The molecule has 1 nitrogen and oxygen atoms in total. The van der Waals surface area contributed by atoms with Crippen LogP contribution in [0.4, 0.5) is 4.39 Å². The smallest absolute Gasteiger partial charge is 0.123 e. The SMILES string of the molecule is CC1(C)CC2(C)CC(C)(C1)CC(C)(c1cc(F)ccc1O)C2. The lowest BCUT2D eigenvalue weighted by atomic mass is 9.44. The van der Waals surface area contributed by atoms with E-state index in [1.807, 2.05) is 0 Å². The molecule has 2 heteroatoms. The fourth-order valence-electron chi connectivity index (χ4n) is 6.91. The summed E-state index contributed by atoms with van der Waals surface area (Å²) in [5.74, 6) is -0.00396. The average molecular weight is 304 g/mol. The van der Waals surface area contributed by atoms with Crippen molar-refractivity contribution in [3.05, 3.63) is 29.6 Å². The highest BCUT2D eigenvalue weighted by molar-refractivity contribution is 5.40. The number of hydrogen-bond acceptors (Lipinski definition) is 1. The van der Waals surface area contributed by atoms with Crippen LogP contribution in [0.1, 0.15) is 72.3 Å². The summed E-state index contributed by atoms with van der Waals surface area (Å²) in [5, 5.41) is 10.3. The first kappa shape index (κ1) is 15.8. The summed E-state index contributed by atoms with van der Waals surface area (Å²) in [6.07, 6.45) is 5.71. The third-order valence-electron chi connectivity index (χ3n) is 5.91. The quantitative estimate of drug-likeness (QED) is 0.694. The number of hydrogen-bond donors (Lipinski definition) is 1. The molecule has 2 aliphatic carbocycles. The van der Waals surface area contributed by atoms with Gasteiger partial charge in [-0.3, -0.25) is 0 Å². The van der Waals surface area contributed by atoms with Crippen molar-refractivity contribution in [2.24, 2.45) is 16.2 Å². The maximum atomic E-state index is 13.8. The van der Waals surface area contributed by atoms with Crippen LogP contribution in [0.3, 0.4) is 0 Å². The lowest BCUT2D eigenvalue weighted by Gasteiger charge is -2.61. The summed E-state index contributed by atoms with van der Waals surface area (Å²) in [4.78, 5) is 0. The molecular formula is C20H29FO. The second-order valence-corrected chi connectivity index (χ2v) is 9.89. The van der Waals surface area contributed by atoms with Gasteiger partial charge < -0.3 is 5.11 Å². The van der Waals surface area contributed by atoms with Crippen molar-refractivity contribution in [3.63, 3.8) is 0 Å². The Hall–Kier alpha value is -1.05. The lowest BCUT2D eigenvalue weighted by Crippen LogP contribution is -2.51. The molecule has 0 amide bonds. The standard InChI is InChI=1S/C20H29FO/c1-17(2)9-18(3)11-19(4,10-17)13-20(5,12-18)15-8-14(21)6-7-16(15)22/h6-8,22H,9-13H2,1-5H3. The summed E-state index contributed by atoms with van der Waals surface area (Å²) in [6.45, 7) is 11.8. The Morgan fingerprint density at radius 2 is 1.41 bits per heavy atom. The molecule has 2 unspecified atom stereocenters. The van der Waals surface area contributed by atoms with Crippen LogP contribution >= 0.6 is 0 Å². The number of fused-ring (bicyclic) bond motifs is 2. The monoisotopic (exact) mass is 304 g/mol. The van der Waals surface area contributed by atoms with Crippen LogP contribution in [0.2, 0.25) is 0 Å². The minimum absolute atomic E-state index is 0.148. The van der Waals surface area contributed by atoms with Gasteiger partial charge in [0, 0.05) is 5.56 Å². The van der Waals surface area contributed by atoms with Gasteiger partial charge in [0.25, 0.3) is 0 Å². The van der Waals surface area contributed by atoms with E-state index >= 15 is 0 Å². The average Bonchev–Trinajstić information content (AvgIpc) is 2.25. The van der Waals surface area contributed by atoms with E-state index in [4.69, 9.17) is 0 Å². The van der Waals surface area contributed by atoms with Crippen LogP contribution in [0.15, 0.2) is 18.2 Å². The van der Waals surface area contributed by atoms with Gasteiger partial charge in [-0.05, 0) is 72.0 Å². The van der Waals surface area contributed by atoms with Gasteiger partial charge >= 0.3 is 0 Å². The molecule has 0 saturated heterocycles. The number of aromatic hydroxyl groups is 1. The van der Waals surface area contributed by atoms with Crippen molar-refractivity contribution < 1.29 is 9.50 Å². The van der Waals surface area contributed by atoms with E-state index in [2.05, 4.69) is 34.6 Å². The molecule has 1 aromatic rings. The third-order valence-corrected chi connectivity index (χ3v) is 5.91. The molecule has 0 spiro atoms. The molecule has 1 N–H and O–H groups in total. The highest BCUT2D eigenvalue weighted by atomic mass is 19.1. The van der Waals surface area contributed by atoms with E-state index in [0.717, 1.165) is 18.4 Å². The number of phenolic OH excluding ortho intramolecular Hbond substituents is 1. The first-order valence-electron chi connectivity index (χ1n) is 8.44. The van der Waals surface area contributed by atoms with Crippen LogP contribution in [0.5, 0.6) is 5.75 Å². The molecule has 22 heavy (non-hydrogen) atoms. The second-order valence-electron chi connectivity index (χ2n) is 9.89. The summed E-state index contributed by atoms with van der Waals surface area (Å²) >= 11 is 0. The Kier molecular flexibility index (Phi) is 3.23. The van der Waals surface area contributed by atoms with Gasteiger partial charge in [0.2, 0.25) is 0 Å². The van der Waals surface area contributed by atoms with E-state index in [1.54, 1.807) is 6.07 Å². The zero-order valence-corrected chi connectivity index (χ0v) is 14.6. The summed E-state index contributed by atoms with van der Waals surface area (Å²) < 4.78 is 13.8. The molecule has 0 radical (unpaired) electrons. The van der Waals surface area contributed by atoms with E-state index in [1.165, 1.54) is 31.4 Å². The number of phenols is 1. The summed E-state index contributed by atoms with van der Waals surface area (Å²) in [7, 11) is 0. The van der Waals surface area contributed by atoms with Crippen molar-refractivity contribution in [1.82, 2.24) is 0 Å². The van der Waals surface area contributed by atoms with Crippen molar-refractivity contribution in [2.75, 3.05) is 0 Å². The van der Waals surface area contributed by atoms with Crippen molar-refractivity contribution >= 4 is 0 Å². The maximum Gasteiger partial charge on any atom is 0.123 e. The summed E-state index contributed by atoms with van der Waals surface area (Å²) in [6, 6.07) is 4.40. The van der Waals surface area contributed by atoms with E-state index < -0.39 is 0 Å². The normalized spacial score (nSPS) is 40.5. The van der Waals surface area contributed by atoms with Crippen LogP contribution in [-0.2, 0) is 5.41 Å². The second kappa shape index (κ2) is 4.49. The van der Waals surface area contributed by atoms with E-state index in [9.17, 15) is 9.50 Å². The minimum Gasteiger partial charge on any atom is -0.508 e. The topological polar surface area (TPSA) is 20.2 Å². The largest absolute Gasteiger partial charge is 0.508 e. The third kappa shape index (κ3) is 2.66. The van der Waals surface area contributed by atoms with Gasteiger partial charge in [-0.15, -0.1) is 0 Å². The zero-order chi connectivity index (χ0) is 16.4. The van der Waals surface area contributed by atoms with Gasteiger partial charge in [-0.2, -0.15) is 0 Å². The summed E-state index contributed by atoms with van der Waals surface area (Å²) in [5.41, 5.74) is 1.55. The molecule has 2 bridgehead atoms. The first-order chi connectivity index (χ1) is 9.95. The Balaban J connectivity index is 2.05. The van der Waals surface area contributed by atoms with Gasteiger partial charge in [-0.25, -0.2) is 4.39 Å². The van der Waals surface area contributed by atoms with Gasteiger partial charge in [-0.1, -0.05) is 34.6 Å². The number of benzene rings is 1. The molecule has 2 atom stereocenters. The molecule has 3 rings (SSSR count). The predicted octanol–water partition coefficient (Wildman–Crippen LogP) is 5.81. The molecule has 2 saturated carbocycles. The van der Waals surface area contributed by atoms with Crippen molar-refractivity contribution in [3.8, 4) is 5.75 Å². The van der Waals surface area contributed by atoms with Crippen LogP contribution in [0, 0.1) is 22.1 Å². The molecule has 0 aromatic heterocycles. The fraction of sp³-hybridized carbons (Fsp3) is 0.700. The highest BCUT2D eigenvalue weighted by Gasteiger charge is 2.56. The maximum absolute atomic E-state index is 13.8. The number of rotatable bonds is 1. The van der Waals surface area contributed by atoms with Gasteiger partial charge in [0.1, 0.15) is 11.6 Å². The molecule has 2 fully saturated rings. The van der Waals surface area contributed by atoms with E-state index in [-0.39, 0.29) is 27.8 Å². The Bertz CT molecular complexity index is 576. The molecular weight excluding hydrogens is 275 g/mol. The molecule has 0 aliphatic heterocycles. The van der Waals surface area contributed by atoms with E-state index in [0.29, 0.717) is 5.41 Å². The van der Waals surface area contributed by atoms with Crippen LogP contribution in [-0.4, -0.2) is 5.11 Å². The molecule has 1 aromatic carbocycles. The van der Waals surface area contributed by atoms with Gasteiger partial charge in [0.05, 0.1) is 0 Å². The lowest BCUT2D eigenvalue weighted by molar-refractivity contribution is -0.0743. The fourth-order valence-corrected chi connectivity index (χ4v) is 6.91. The Morgan fingerprint density at radius 1 is 0.864 bits per heavy atom. The Labute approximate surface area is 133 Å². The minimum atomic E-state index is -0.250. The zero-order valence-electron chi connectivity index (χ0n) is 14.6. The van der Waals surface area contributed by atoms with Crippen LogP contribution in [0.25, 0.3) is 0 Å². The van der Waals surface area contributed by atoms with Crippen molar-refractivity contribution in [2.45, 2.75) is 72.1 Å². The Morgan fingerprint density at radius 3 is 1.95 bits per heavy atom. The highest BCUT2D eigenvalue weighted by Crippen LogP contribution is 2.65. The molecule has 2 aliphatic rings. The molecule has 122 valence electrons. The molecule has 0 heterocycles.